The number of carbonyl (C=O) groups is 1. The molecule has 0 bridgehead atoms. The zero-order valence-electron chi connectivity index (χ0n) is 51.8. The second-order valence-corrected chi connectivity index (χ2v) is 24.3. The molecule has 14 heteroatoms. The van der Waals surface area contributed by atoms with Crippen LogP contribution in [0.2, 0.25) is 0 Å². The maximum atomic E-state index is 13.3. The van der Waals surface area contributed by atoms with Crippen LogP contribution in [0.5, 0.6) is 0 Å². The van der Waals surface area contributed by atoms with Gasteiger partial charge in [-0.3, -0.25) is 4.79 Å². The summed E-state index contributed by atoms with van der Waals surface area (Å²) >= 11 is 0. The summed E-state index contributed by atoms with van der Waals surface area (Å²) in [6.45, 7) is 2.83. The van der Waals surface area contributed by atoms with Crippen molar-refractivity contribution in [1.82, 2.24) is 5.32 Å². The number of hydrogen-bond acceptors (Lipinski definition) is 13. The largest absolute Gasteiger partial charge is 0.394 e. The minimum Gasteiger partial charge on any atom is -0.394 e. The van der Waals surface area contributed by atoms with Crippen molar-refractivity contribution in [2.75, 3.05) is 19.8 Å². The van der Waals surface area contributed by atoms with Gasteiger partial charge in [-0.05, 0) is 32.1 Å². The van der Waals surface area contributed by atoms with E-state index in [4.69, 9.17) is 18.9 Å². The molecule has 2 aliphatic heterocycles. The summed E-state index contributed by atoms with van der Waals surface area (Å²) in [6.07, 6.45) is 48.1. The topological polar surface area (TPSA) is 228 Å². The number of ether oxygens (including phenoxy) is 4. The van der Waals surface area contributed by atoms with Gasteiger partial charge in [-0.2, -0.15) is 0 Å². The van der Waals surface area contributed by atoms with Crippen LogP contribution < -0.4 is 5.32 Å². The van der Waals surface area contributed by atoms with Crippen molar-refractivity contribution in [3.63, 3.8) is 0 Å². The highest BCUT2D eigenvalue weighted by molar-refractivity contribution is 5.76. The molecule has 2 aliphatic rings. The molecule has 2 heterocycles. The first kappa shape index (κ1) is 75.6. The molecule has 0 aromatic carbocycles. The van der Waals surface area contributed by atoms with E-state index >= 15 is 0 Å². The molecule has 1 amide bonds. The molecule has 12 unspecified atom stereocenters. The van der Waals surface area contributed by atoms with E-state index in [0.717, 1.165) is 32.1 Å². The monoisotopic (exact) mass is 1150 g/mol. The molecular weight excluding hydrogens is 1030 g/mol. The molecule has 2 fully saturated rings. The Hall–Kier alpha value is -1.53. The highest BCUT2D eigenvalue weighted by Gasteiger charge is 2.51. The summed E-state index contributed by atoms with van der Waals surface area (Å²) in [7, 11) is 0. The Kier molecular flexibility index (Phi) is 49.2. The fraction of sp³-hybridized carbons (Fsp3) is 0.925. The number of allylic oxidation sites excluding steroid dienone is 3. The Bertz CT molecular complexity index is 1450. The predicted octanol–water partition coefficient (Wildman–Crippen LogP) is 13.2. The number of aliphatic hydroxyl groups excluding tert-OH is 8. The first-order valence-corrected chi connectivity index (χ1v) is 34.1. The van der Waals surface area contributed by atoms with Crippen molar-refractivity contribution in [3.05, 3.63) is 24.3 Å². The van der Waals surface area contributed by atoms with Crippen LogP contribution in [0.3, 0.4) is 0 Å². The van der Waals surface area contributed by atoms with E-state index in [9.17, 15) is 45.6 Å². The number of hydrogen-bond donors (Lipinski definition) is 9. The molecule has 0 aromatic rings. The number of unbranched alkanes of at least 4 members (excludes halogenated alkanes) is 41. The predicted molar refractivity (Wildman–Crippen MR) is 328 cm³/mol. The molecular formula is C67H127NO13. The van der Waals surface area contributed by atoms with Gasteiger partial charge in [0.1, 0.15) is 48.8 Å². The van der Waals surface area contributed by atoms with E-state index < -0.39 is 86.8 Å². The lowest BCUT2D eigenvalue weighted by Crippen LogP contribution is -2.65. The third kappa shape index (κ3) is 37.6. The lowest BCUT2D eigenvalue weighted by molar-refractivity contribution is -0.359. The molecule has 0 saturated carbocycles. The maximum Gasteiger partial charge on any atom is 0.220 e. The summed E-state index contributed by atoms with van der Waals surface area (Å²) < 4.78 is 22.8. The molecule has 0 spiro atoms. The van der Waals surface area contributed by atoms with E-state index in [1.54, 1.807) is 6.08 Å². The van der Waals surface area contributed by atoms with Crippen molar-refractivity contribution in [3.8, 4) is 0 Å². The van der Waals surface area contributed by atoms with E-state index in [1.165, 1.54) is 238 Å². The van der Waals surface area contributed by atoms with Crippen LogP contribution in [0, 0.1) is 0 Å². The minimum atomic E-state index is -1.79. The smallest absolute Gasteiger partial charge is 0.220 e. The molecule has 0 radical (unpaired) electrons. The Morgan fingerprint density at radius 3 is 1.21 bits per heavy atom. The van der Waals surface area contributed by atoms with Crippen LogP contribution in [-0.2, 0) is 23.7 Å². The van der Waals surface area contributed by atoms with Gasteiger partial charge in [-0.25, -0.2) is 0 Å². The standard InChI is InChI=1S/C67H127NO13/c1-3-5-7-9-11-13-15-17-19-21-23-24-25-26-27-28-29-30-31-33-34-36-38-40-42-44-46-48-50-56(71)55(68-59(72)51-49-47-45-43-41-39-37-35-32-22-20-18-16-14-12-10-8-6-4-2)54-78-66-64(77)62(75)65(58(53-70)80-66)81-67-63(76)61(74)60(73)57(52-69)79-67/h40,42,48,50,55-58,60-67,69-71,73-77H,3-39,41,43-47,49,51-54H2,1-2H3,(H,68,72)/b42-40+,50-48+. The van der Waals surface area contributed by atoms with Gasteiger partial charge in [0.15, 0.2) is 12.6 Å². The zero-order chi connectivity index (χ0) is 58.8. The summed E-state index contributed by atoms with van der Waals surface area (Å²) in [5.41, 5.74) is 0. The number of rotatable bonds is 56. The first-order valence-electron chi connectivity index (χ1n) is 34.1. The second kappa shape index (κ2) is 52.8. The first-order chi connectivity index (χ1) is 39.6. The Morgan fingerprint density at radius 2 is 0.790 bits per heavy atom. The summed E-state index contributed by atoms with van der Waals surface area (Å²) in [6, 6.07) is -0.929. The average molecular weight is 1150 g/mol. The lowest BCUT2D eigenvalue weighted by Gasteiger charge is -2.46. The summed E-state index contributed by atoms with van der Waals surface area (Å²) in [4.78, 5) is 13.3. The third-order valence-electron chi connectivity index (χ3n) is 16.9. The molecule has 2 rings (SSSR count). The maximum absolute atomic E-state index is 13.3. The minimum absolute atomic E-state index is 0.243. The number of carbonyl (C=O) groups excluding carboxylic acids is 1. The number of nitrogens with one attached hydrogen (secondary N) is 1. The lowest BCUT2D eigenvalue weighted by atomic mass is 9.97. The molecule has 478 valence electrons. The highest BCUT2D eigenvalue weighted by atomic mass is 16.7. The summed E-state index contributed by atoms with van der Waals surface area (Å²) in [5.74, 6) is -0.243. The van der Waals surface area contributed by atoms with Gasteiger partial charge in [0.25, 0.3) is 0 Å². The number of aliphatic hydroxyl groups is 8. The van der Waals surface area contributed by atoms with Gasteiger partial charge in [0, 0.05) is 6.42 Å². The SMILES string of the molecule is CCCCCCCCCCCCCCCCCCCCCCCC/C=C/CC/C=C/C(O)C(COC1OC(CO)C(OC2OC(CO)C(O)C(O)C2O)C(O)C1O)NC(=O)CCCCCCCCCCCCCCCCCCCCC. The van der Waals surface area contributed by atoms with Crippen molar-refractivity contribution in [1.29, 1.82) is 0 Å². The van der Waals surface area contributed by atoms with E-state index in [1.807, 2.05) is 6.08 Å². The molecule has 0 aromatic heterocycles. The van der Waals surface area contributed by atoms with E-state index in [0.29, 0.717) is 12.8 Å². The Balaban J connectivity index is 1.71. The third-order valence-corrected chi connectivity index (χ3v) is 16.9. The molecule has 0 aliphatic carbocycles. The van der Waals surface area contributed by atoms with Crippen LogP contribution in [0.4, 0.5) is 0 Å². The summed E-state index contributed by atoms with van der Waals surface area (Å²) in [5, 5.41) is 87.3. The quantitative estimate of drug-likeness (QED) is 0.0204. The van der Waals surface area contributed by atoms with Crippen molar-refractivity contribution >= 4 is 5.91 Å². The van der Waals surface area contributed by atoms with Crippen LogP contribution in [0.1, 0.15) is 303 Å². The van der Waals surface area contributed by atoms with Gasteiger partial charge < -0.3 is 65.1 Å². The normalized spacial score (nSPS) is 24.2. The molecule has 12 atom stereocenters. The average Bonchev–Trinajstić information content (AvgIpc) is 3.47. The zero-order valence-corrected chi connectivity index (χ0v) is 51.8. The fourth-order valence-electron chi connectivity index (χ4n) is 11.4. The van der Waals surface area contributed by atoms with Crippen molar-refractivity contribution in [2.45, 2.75) is 376 Å². The van der Waals surface area contributed by atoms with Crippen LogP contribution >= 0.6 is 0 Å². The molecule has 9 N–H and O–H groups in total. The fourth-order valence-corrected chi connectivity index (χ4v) is 11.4. The number of amides is 1. The van der Waals surface area contributed by atoms with Gasteiger partial charge in [0.05, 0.1) is 32.0 Å². The molecule has 14 nitrogen and oxygen atoms in total. The Labute approximate surface area is 494 Å². The van der Waals surface area contributed by atoms with Gasteiger partial charge >= 0.3 is 0 Å². The molecule has 2 saturated heterocycles. The van der Waals surface area contributed by atoms with Gasteiger partial charge in [0.2, 0.25) is 5.91 Å². The van der Waals surface area contributed by atoms with Gasteiger partial charge in [-0.1, -0.05) is 289 Å². The molecule has 81 heavy (non-hydrogen) atoms. The van der Waals surface area contributed by atoms with E-state index in [2.05, 4.69) is 31.3 Å². The van der Waals surface area contributed by atoms with Gasteiger partial charge in [-0.15, -0.1) is 0 Å². The van der Waals surface area contributed by atoms with Crippen molar-refractivity contribution in [2.24, 2.45) is 0 Å². The highest BCUT2D eigenvalue weighted by Crippen LogP contribution is 2.30. The van der Waals surface area contributed by atoms with Crippen LogP contribution in [0.25, 0.3) is 0 Å². The Morgan fingerprint density at radius 1 is 0.432 bits per heavy atom. The van der Waals surface area contributed by atoms with Crippen LogP contribution in [0.15, 0.2) is 24.3 Å². The second-order valence-electron chi connectivity index (χ2n) is 24.3. The van der Waals surface area contributed by atoms with E-state index in [-0.39, 0.29) is 18.9 Å². The van der Waals surface area contributed by atoms with Crippen LogP contribution in [-0.4, -0.2) is 140 Å². The van der Waals surface area contributed by atoms with Crippen molar-refractivity contribution < 1.29 is 64.6 Å².